The van der Waals surface area contributed by atoms with Gasteiger partial charge in [-0.3, -0.25) is 0 Å². The summed E-state index contributed by atoms with van der Waals surface area (Å²) in [5.41, 5.74) is 4.64. The van der Waals surface area contributed by atoms with Crippen molar-refractivity contribution in [1.29, 1.82) is 0 Å². The lowest BCUT2D eigenvalue weighted by Gasteiger charge is -2.10. The number of halogens is 1. The van der Waals surface area contributed by atoms with Crippen molar-refractivity contribution in [2.75, 3.05) is 0 Å². The average Bonchev–Trinajstić information content (AvgIpc) is 2.88. The van der Waals surface area contributed by atoms with Crippen molar-refractivity contribution >= 4 is 34.0 Å². The smallest absolute Gasteiger partial charge is 0.198 e. The molecule has 4 rings (SSSR count). The van der Waals surface area contributed by atoms with Crippen LogP contribution in [0.4, 0.5) is 4.39 Å². The fourth-order valence-corrected chi connectivity index (χ4v) is 5.17. The minimum Gasteiger partial charge on any atom is -0.441 e. The molecule has 3 heteroatoms. The minimum atomic E-state index is -0.260. The highest BCUT2D eigenvalue weighted by atomic mass is 32.1. The molecule has 0 fully saturated rings. The van der Waals surface area contributed by atoms with Gasteiger partial charge in [0.2, 0.25) is 0 Å². The molecule has 184 valence electrons. The van der Waals surface area contributed by atoms with Crippen LogP contribution in [0.25, 0.3) is 32.9 Å². The van der Waals surface area contributed by atoms with E-state index in [0.29, 0.717) is 4.71 Å². The van der Waals surface area contributed by atoms with E-state index in [9.17, 15) is 0 Å². The Morgan fingerprint density at radius 1 is 0.657 bits per heavy atom. The van der Waals surface area contributed by atoms with E-state index in [4.69, 9.17) is 16.6 Å². The molecule has 0 saturated heterocycles. The predicted molar refractivity (Wildman–Crippen MR) is 150 cm³/mol. The third-order valence-corrected chi connectivity index (χ3v) is 7.36. The summed E-state index contributed by atoms with van der Waals surface area (Å²) in [5.74, 6) is -0.260. The van der Waals surface area contributed by atoms with Crippen LogP contribution < -0.4 is 0 Å². The second-order valence-corrected chi connectivity index (χ2v) is 10.1. The van der Waals surface area contributed by atoms with E-state index in [1.54, 1.807) is 0 Å². The quantitative estimate of drug-likeness (QED) is 0.112. The molecule has 0 radical (unpaired) electrons. The van der Waals surface area contributed by atoms with Crippen molar-refractivity contribution in [1.82, 2.24) is 0 Å². The Labute approximate surface area is 214 Å². The van der Waals surface area contributed by atoms with Crippen LogP contribution in [0.15, 0.2) is 59.0 Å². The molecule has 1 nitrogen and oxygen atoms in total. The standard InChI is InChI=1S/C32H37FOS/c1-3-5-7-9-11-13-25-18-21-28-27-20-19-26(22-29(27)32(35)34-31(28)30(25)33)24-16-14-23(15-17-24)12-10-8-6-4-2/h14-22H,3-13H2,1-2H3. The highest BCUT2D eigenvalue weighted by molar-refractivity contribution is 7.71. The number of fused-ring (bicyclic) bond motifs is 3. The van der Waals surface area contributed by atoms with Crippen LogP contribution in [0.3, 0.4) is 0 Å². The van der Waals surface area contributed by atoms with Crippen molar-refractivity contribution in [3.63, 3.8) is 0 Å². The van der Waals surface area contributed by atoms with E-state index < -0.39 is 0 Å². The second-order valence-electron chi connectivity index (χ2n) is 9.74. The molecule has 0 N–H and O–H groups in total. The Bertz CT molecular complexity index is 1320. The van der Waals surface area contributed by atoms with E-state index >= 15 is 4.39 Å². The Kier molecular flexibility index (Phi) is 9.09. The molecule has 3 aromatic carbocycles. The first-order chi connectivity index (χ1) is 17.1. The van der Waals surface area contributed by atoms with E-state index in [1.165, 1.54) is 50.5 Å². The summed E-state index contributed by atoms with van der Waals surface area (Å²) in [4.78, 5) is 0. The Morgan fingerprint density at radius 2 is 1.29 bits per heavy atom. The van der Waals surface area contributed by atoms with Crippen LogP contribution in [-0.4, -0.2) is 0 Å². The summed E-state index contributed by atoms with van der Waals surface area (Å²) < 4.78 is 21.6. The van der Waals surface area contributed by atoms with Crippen molar-refractivity contribution < 1.29 is 8.81 Å². The summed E-state index contributed by atoms with van der Waals surface area (Å²) >= 11 is 5.59. The molecule has 0 aliphatic heterocycles. The topological polar surface area (TPSA) is 13.1 Å². The van der Waals surface area contributed by atoms with Gasteiger partial charge in [0, 0.05) is 10.8 Å². The molecule has 0 saturated carbocycles. The number of aryl methyl sites for hydroxylation is 2. The zero-order valence-corrected chi connectivity index (χ0v) is 22.0. The van der Waals surface area contributed by atoms with Gasteiger partial charge in [0.25, 0.3) is 0 Å². The third kappa shape index (κ3) is 6.19. The van der Waals surface area contributed by atoms with Crippen molar-refractivity contribution in [3.05, 3.63) is 76.2 Å². The predicted octanol–water partition coefficient (Wildman–Crippen LogP) is 10.8. The van der Waals surface area contributed by atoms with Crippen LogP contribution in [-0.2, 0) is 12.8 Å². The van der Waals surface area contributed by atoms with Crippen LogP contribution >= 0.6 is 12.2 Å². The van der Waals surface area contributed by atoms with Crippen LogP contribution in [0.1, 0.15) is 82.8 Å². The van der Waals surface area contributed by atoms with Crippen LogP contribution in [0.5, 0.6) is 0 Å². The second kappa shape index (κ2) is 12.4. The highest BCUT2D eigenvalue weighted by Crippen LogP contribution is 2.33. The zero-order chi connectivity index (χ0) is 24.6. The van der Waals surface area contributed by atoms with Gasteiger partial charge in [-0.05, 0) is 71.6 Å². The molecule has 0 bridgehead atoms. The van der Waals surface area contributed by atoms with Gasteiger partial charge in [0.1, 0.15) is 0 Å². The molecule has 0 spiro atoms. The van der Waals surface area contributed by atoms with Gasteiger partial charge in [-0.15, -0.1) is 0 Å². The van der Waals surface area contributed by atoms with Crippen molar-refractivity contribution in [2.45, 2.75) is 84.5 Å². The summed E-state index contributed by atoms with van der Waals surface area (Å²) in [7, 11) is 0. The molecule has 1 aromatic heterocycles. The Hall–Kier alpha value is -2.52. The summed E-state index contributed by atoms with van der Waals surface area (Å²) in [6.45, 7) is 4.45. The lowest BCUT2D eigenvalue weighted by molar-refractivity contribution is 0.535. The third-order valence-electron chi connectivity index (χ3n) is 7.06. The monoisotopic (exact) mass is 488 g/mol. The maximum absolute atomic E-state index is 15.3. The maximum Gasteiger partial charge on any atom is 0.198 e. The summed E-state index contributed by atoms with van der Waals surface area (Å²) in [6.07, 6.45) is 12.8. The maximum atomic E-state index is 15.3. The number of unbranched alkanes of at least 4 members (excludes halogenated alkanes) is 7. The largest absolute Gasteiger partial charge is 0.441 e. The fraction of sp³-hybridized carbons (Fsp3) is 0.406. The SMILES string of the molecule is CCCCCCCc1ccc2c(oc(=S)c3cc(-c4ccc(CCCCCC)cc4)ccc32)c1F. The van der Waals surface area contributed by atoms with Gasteiger partial charge >= 0.3 is 0 Å². The van der Waals surface area contributed by atoms with Gasteiger partial charge in [-0.25, -0.2) is 4.39 Å². The normalized spacial score (nSPS) is 11.5. The molecule has 1 heterocycles. The molecule has 0 amide bonds. The minimum absolute atomic E-state index is 0.260. The molecular weight excluding hydrogens is 451 g/mol. The first-order valence-electron chi connectivity index (χ1n) is 13.4. The Morgan fingerprint density at radius 3 is 2.03 bits per heavy atom. The van der Waals surface area contributed by atoms with Gasteiger partial charge in [-0.2, -0.15) is 0 Å². The van der Waals surface area contributed by atoms with E-state index in [1.807, 2.05) is 12.1 Å². The first-order valence-corrected chi connectivity index (χ1v) is 13.8. The average molecular weight is 489 g/mol. The van der Waals surface area contributed by atoms with Gasteiger partial charge in [0.15, 0.2) is 16.1 Å². The van der Waals surface area contributed by atoms with Gasteiger partial charge in [0.05, 0.1) is 0 Å². The van der Waals surface area contributed by atoms with Crippen LogP contribution in [0, 0.1) is 10.5 Å². The van der Waals surface area contributed by atoms with Gasteiger partial charge < -0.3 is 4.42 Å². The number of hydrogen-bond donors (Lipinski definition) is 0. The molecule has 0 unspecified atom stereocenters. The number of benzene rings is 3. The fourth-order valence-electron chi connectivity index (χ4n) is 4.92. The molecule has 0 aliphatic rings. The lowest BCUT2D eigenvalue weighted by atomic mass is 9.97. The number of hydrogen-bond acceptors (Lipinski definition) is 2. The summed E-state index contributed by atoms with van der Waals surface area (Å²) in [6, 6.07) is 19.0. The molecule has 35 heavy (non-hydrogen) atoms. The van der Waals surface area contributed by atoms with Crippen molar-refractivity contribution in [2.24, 2.45) is 0 Å². The molecule has 0 atom stereocenters. The Balaban J connectivity index is 1.57. The van der Waals surface area contributed by atoms with E-state index in [-0.39, 0.29) is 11.4 Å². The van der Waals surface area contributed by atoms with Crippen LogP contribution in [0.2, 0.25) is 0 Å². The highest BCUT2D eigenvalue weighted by Gasteiger charge is 2.14. The van der Waals surface area contributed by atoms with Gasteiger partial charge in [-0.1, -0.05) is 107 Å². The molecule has 4 aromatic rings. The first kappa shape index (κ1) is 25.6. The zero-order valence-electron chi connectivity index (χ0n) is 21.2. The summed E-state index contributed by atoms with van der Waals surface area (Å²) in [5, 5.41) is 2.59. The van der Waals surface area contributed by atoms with E-state index in [0.717, 1.165) is 58.5 Å². The van der Waals surface area contributed by atoms with Crippen molar-refractivity contribution in [3.8, 4) is 11.1 Å². The molecule has 0 aliphatic carbocycles. The number of rotatable bonds is 12. The molecular formula is C32H37FOS. The van der Waals surface area contributed by atoms with E-state index in [2.05, 4.69) is 56.3 Å². The lowest BCUT2D eigenvalue weighted by Crippen LogP contribution is -1.94.